The molecule has 2 aromatic rings. The summed E-state index contributed by atoms with van der Waals surface area (Å²) in [6.45, 7) is 4.06. The number of unbranched alkanes of at least 4 members (excludes halogenated alkanes) is 1. The first-order valence-electron chi connectivity index (χ1n) is 8.51. The van der Waals surface area contributed by atoms with Gasteiger partial charge in [0.2, 0.25) is 5.91 Å². The van der Waals surface area contributed by atoms with Gasteiger partial charge in [0.05, 0.1) is 6.61 Å². The number of amides is 1. The summed E-state index contributed by atoms with van der Waals surface area (Å²) in [6.07, 6.45) is 2.16. The lowest BCUT2D eigenvalue weighted by molar-refractivity contribution is -0.119. The smallest absolute Gasteiger partial charge is 0.341 e. The fourth-order valence-corrected chi connectivity index (χ4v) is 3.59. The summed E-state index contributed by atoms with van der Waals surface area (Å²) in [6, 6.07) is 9.60. The molecule has 0 fully saturated rings. The Bertz CT molecular complexity index is 772. The Morgan fingerprint density at radius 2 is 1.92 bits per heavy atom. The van der Waals surface area contributed by atoms with E-state index < -0.39 is 5.97 Å². The highest BCUT2D eigenvalue weighted by atomic mass is 32.1. The number of thiophene rings is 1. The Morgan fingerprint density at radius 1 is 1.19 bits per heavy atom. The summed E-state index contributed by atoms with van der Waals surface area (Å²) in [5, 5.41) is 8.23. The van der Waals surface area contributed by atoms with Crippen molar-refractivity contribution in [2.45, 2.75) is 33.1 Å². The van der Waals surface area contributed by atoms with Crippen molar-refractivity contribution >= 4 is 45.5 Å². The maximum absolute atomic E-state index is 12.5. The van der Waals surface area contributed by atoms with E-state index in [1.165, 1.54) is 11.3 Å². The number of rotatable bonds is 7. The maximum Gasteiger partial charge on any atom is 0.341 e. The van der Waals surface area contributed by atoms with Gasteiger partial charge < -0.3 is 15.4 Å². The van der Waals surface area contributed by atoms with Gasteiger partial charge in [0, 0.05) is 17.4 Å². The van der Waals surface area contributed by atoms with Crippen LogP contribution >= 0.6 is 23.6 Å². The van der Waals surface area contributed by atoms with E-state index >= 15 is 0 Å². The minimum atomic E-state index is -0.421. The van der Waals surface area contributed by atoms with Crippen LogP contribution in [0.2, 0.25) is 0 Å². The molecule has 0 radical (unpaired) electrons. The van der Waals surface area contributed by atoms with Gasteiger partial charge in [-0.2, -0.15) is 0 Å². The summed E-state index contributed by atoms with van der Waals surface area (Å²) in [7, 11) is 0. The molecule has 0 saturated heterocycles. The molecule has 1 heterocycles. The Balaban J connectivity index is 2.22. The van der Waals surface area contributed by atoms with Crippen molar-refractivity contribution in [1.82, 2.24) is 5.32 Å². The van der Waals surface area contributed by atoms with Crippen molar-refractivity contribution in [3.05, 3.63) is 41.3 Å². The Labute approximate surface area is 162 Å². The molecule has 0 atom stereocenters. The third-order valence-corrected chi connectivity index (χ3v) is 4.69. The minimum absolute atomic E-state index is 0.137. The topological polar surface area (TPSA) is 67.4 Å². The molecule has 7 heteroatoms. The Kier molecular flexibility index (Phi) is 7.74. The maximum atomic E-state index is 12.5. The number of carbonyl (C=O) groups is 2. The van der Waals surface area contributed by atoms with Crippen LogP contribution in [-0.4, -0.2) is 23.6 Å². The number of esters is 1. The van der Waals surface area contributed by atoms with Gasteiger partial charge in [-0.05, 0) is 31.1 Å². The van der Waals surface area contributed by atoms with E-state index in [1.807, 2.05) is 42.6 Å². The zero-order valence-electron chi connectivity index (χ0n) is 14.8. The zero-order chi connectivity index (χ0) is 18.9. The van der Waals surface area contributed by atoms with Crippen molar-refractivity contribution in [3.8, 4) is 11.1 Å². The first kappa shape index (κ1) is 20.1. The first-order valence-corrected chi connectivity index (χ1v) is 9.80. The Hall–Kier alpha value is -2.25. The quantitative estimate of drug-likeness (QED) is 0.534. The van der Waals surface area contributed by atoms with E-state index in [0.29, 0.717) is 17.0 Å². The average molecular weight is 391 g/mol. The molecule has 1 amide bonds. The highest BCUT2D eigenvalue weighted by Crippen LogP contribution is 2.36. The molecule has 2 N–H and O–H groups in total. The van der Waals surface area contributed by atoms with Crippen molar-refractivity contribution in [2.24, 2.45) is 0 Å². The number of anilines is 1. The van der Waals surface area contributed by atoms with Crippen LogP contribution in [0, 0.1) is 0 Å². The van der Waals surface area contributed by atoms with Crippen LogP contribution in [-0.2, 0) is 9.53 Å². The van der Waals surface area contributed by atoms with E-state index in [-0.39, 0.29) is 17.6 Å². The van der Waals surface area contributed by atoms with Gasteiger partial charge >= 0.3 is 5.97 Å². The molecule has 0 aliphatic rings. The standard InChI is InChI=1S/C19H22N2O3S2/c1-3-5-11-15(22)20-19(25)21-17-16(18(23)24-4-2)14(12-26-17)13-9-7-6-8-10-13/h6-10,12H,3-5,11H2,1-2H3,(H2,20,21,22,25). The van der Waals surface area contributed by atoms with Gasteiger partial charge in [0.25, 0.3) is 0 Å². The largest absolute Gasteiger partial charge is 0.462 e. The first-order chi connectivity index (χ1) is 12.6. The second kappa shape index (κ2) is 10.0. The number of benzene rings is 1. The van der Waals surface area contributed by atoms with Crippen LogP contribution in [0.5, 0.6) is 0 Å². The molecule has 5 nitrogen and oxygen atoms in total. The van der Waals surface area contributed by atoms with Crippen molar-refractivity contribution in [1.29, 1.82) is 0 Å². The summed E-state index contributed by atoms with van der Waals surface area (Å²) in [5.41, 5.74) is 2.11. The molecule has 1 aromatic carbocycles. The van der Waals surface area contributed by atoms with E-state index in [0.717, 1.165) is 24.0 Å². The number of thiocarbonyl (C=S) groups is 1. The van der Waals surface area contributed by atoms with Crippen LogP contribution in [0.4, 0.5) is 5.00 Å². The molecule has 0 spiro atoms. The van der Waals surface area contributed by atoms with Crippen molar-refractivity contribution in [3.63, 3.8) is 0 Å². The van der Waals surface area contributed by atoms with Gasteiger partial charge in [-0.3, -0.25) is 4.79 Å². The monoisotopic (exact) mass is 390 g/mol. The highest BCUT2D eigenvalue weighted by Gasteiger charge is 2.22. The van der Waals surface area contributed by atoms with Gasteiger partial charge in [-0.1, -0.05) is 43.7 Å². The lowest BCUT2D eigenvalue weighted by Crippen LogP contribution is -2.34. The minimum Gasteiger partial charge on any atom is -0.462 e. The molecule has 0 aliphatic carbocycles. The number of nitrogens with one attached hydrogen (secondary N) is 2. The molecule has 26 heavy (non-hydrogen) atoms. The van der Waals surface area contributed by atoms with E-state index in [1.54, 1.807) is 6.92 Å². The number of hydrogen-bond donors (Lipinski definition) is 2. The van der Waals surface area contributed by atoms with Crippen LogP contribution < -0.4 is 10.6 Å². The fraction of sp³-hybridized carbons (Fsp3) is 0.316. The van der Waals surface area contributed by atoms with Gasteiger partial charge in [-0.15, -0.1) is 11.3 Å². The van der Waals surface area contributed by atoms with Gasteiger partial charge in [0.15, 0.2) is 5.11 Å². The van der Waals surface area contributed by atoms with Crippen molar-refractivity contribution < 1.29 is 14.3 Å². The van der Waals surface area contributed by atoms with Gasteiger partial charge in [0.1, 0.15) is 10.6 Å². The van der Waals surface area contributed by atoms with Crippen LogP contribution in [0.25, 0.3) is 11.1 Å². The van der Waals surface area contributed by atoms with E-state index in [9.17, 15) is 9.59 Å². The van der Waals surface area contributed by atoms with E-state index in [4.69, 9.17) is 17.0 Å². The molecule has 0 unspecified atom stereocenters. The zero-order valence-corrected chi connectivity index (χ0v) is 16.5. The number of ether oxygens (including phenoxy) is 1. The summed E-state index contributed by atoms with van der Waals surface area (Å²) >= 11 is 6.56. The molecule has 0 aliphatic heterocycles. The average Bonchev–Trinajstić information content (AvgIpc) is 3.04. The molecule has 0 saturated carbocycles. The van der Waals surface area contributed by atoms with Gasteiger partial charge in [-0.25, -0.2) is 4.79 Å². The lowest BCUT2D eigenvalue weighted by atomic mass is 10.0. The lowest BCUT2D eigenvalue weighted by Gasteiger charge is -2.11. The highest BCUT2D eigenvalue weighted by molar-refractivity contribution is 7.80. The number of carbonyl (C=O) groups excluding carboxylic acids is 2. The second-order valence-corrected chi connectivity index (χ2v) is 6.83. The summed E-state index contributed by atoms with van der Waals surface area (Å²) in [4.78, 5) is 24.3. The molecular weight excluding hydrogens is 368 g/mol. The predicted octanol–water partition coefficient (Wildman–Crippen LogP) is 4.60. The summed E-state index contributed by atoms with van der Waals surface area (Å²) < 4.78 is 5.20. The van der Waals surface area contributed by atoms with E-state index in [2.05, 4.69) is 10.6 Å². The Morgan fingerprint density at radius 3 is 2.58 bits per heavy atom. The normalized spacial score (nSPS) is 10.2. The second-order valence-electron chi connectivity index (χ2n) is 5.55. The van der Waals surface area contributed by atoms with Crippen molar-refractivity contribution in [2.75, 3.05) is 11.9 Å². The number of hydrogen-bond acceptors (Lipinski definition) is 5. The fourth-order valence-electron chi connectivity index (χ4n) is 2.35. The van der Waals surface area contributed by atoms with Crippen LogP contribution in [0.3, 0.4) is 0 Å². The third kappa shape index (κ3) is 5.37. The molecule has 0 bridgehead atoms. The molecular formula is C19H22N2O3S2. The SMILES string of the molecule is CCCCC(=O)NC(=S)Nc1scc(-c2ccccc2)c1C(=O)OCC. The summed E-state index contributed by atoms with van der Waals surface area (Å²) in [5.74, 6) is -0.558. The third-order valence-electron chi connectivity index (χ3n) is 3.59. The van der Waals surface area contributed by atoms with Crippen LogP contribution in [0.15, 0.2) is 35.7 Å². The van der Waals surface area contributed by atoms with Crippen LogP contribution in [0.1, 0.15) is 43.5 Å². The molecule has 2 rings (SSSR count). The predicted molar refractivity (Wildman–Crippen MR) is 110 cm³/mol. The molecule has 1 aromatic heterocycles. The molecule has 138 valence electrons.